The molecule has 0 aromatic rings. The third kappa shape index (κ3) is 8.44. The Balaban J connectivity index is 3.88. The van der Waals surface area contributed by atoms with Crippen molar-refractivity contribution in [2.75, 3.05) is 34.0 Å². The number of rotatable bonds is 11. The molecule has 0 heterocycles. The lowest BCUT2D eigenvalue weighted by molar-refractivity contribution is -0.123. The predicted octanol–water partition coefficient (Wildman–Crippen LogP) is 0.932. The number of hydrogen-bond donors (Lipinski definition) is 2. The molecule has 0 aromatic heterocycles. The van der Waals surface area contributed by atoms with Crippen molar-refractivity contribution in [2.45, 2.75) is 45.2 Å². The van der Waals surface area contributed by atoms with Gasteiger partial charge in [-0.3, -0.25) is 4.79 Å². The Hall–Kier alpha value is -0.650. The summed E-state index contributed by atoms with van der Waals surface area (Å²) in [5.74, 6) is 0.0308. The SMILES string of the molecule is CCCC(COC)NC(C)C(=O)NCCCOC. The van der Waals surface area contributed by atoms with Crippen LogP contribution in [0.5, 0.6) is 0 Å². The number of nitrogens with one attached hydrogen (secondary N) is 2. The first-order valence-electron chi connectivity index (χ1n) is 6.67. The van der Waals surface area contributed by atoms with Crippen molar-refractivity contribution < 1.29 is 14.3 Å². The zero-order valence-corrected chi connectivity index (χ0v) is 12.1. The van der Waals surface area contributed by atoms with Crippen LogP contribution >= 0.6 is 0 Å². The summed E-state index contributed by atoms with van der Waals surface area (Å²) in [6.45, 7) is 5.96. The van der Waals surface area contributed by atoms with Gasteiger partial charge in [-0.05, 0) is 19.8 Å². The zero-order valence-electron chi connectivity index (χ0n) is 12.1. The molecular weight excluding hydrogens is 232 g/mol. The van der Waals surface area contributed by atoms with Gasteiger partial charge in [0.2, 0.25) is 5.91 Å². The van der Waals surface area contributed by atoms with E-state index in [0.717, 1.165) is 19.3 Å². The average molecular weight is 260 g/mol. The quantitative estimate of drug-likeness (QED) is 0.543. The first-order chi connectivity index (χ1) is 8.65. The highest BCUT2D eigenvalue weighted by Gasteiger charge is 2.16. The third-order valence-corrected chi connectivity index (χ3v) is 2.71. The maximum Gasteiger partial charge on any atom is 0.236 e. The van der Waals surface area contributed by atoms with E-state index in [-0.39, 0.29) is 18.0 Å². The Kier molecular flexibility index (Phi) is 11.0. The molecule has 0 fully saturated rings. The van der Waals surface area contributed by atoms with Crippen molar-refractivity contribution in [1.82, 2.24) is 10.6 Å². The van der Waals surface area contributed by atoms with E-state index < -0.39 is 0 Å². The predicted molar refractivity (Wildman–Crippen MR) is 72.7 cm³/mol. The first-order valence-corrected chi connectivity index (χ1v) is 6.67. The van der Waals surface area contributed by atoms with E-state index in [2.05, 4.69) is 17.6 Å². The van der Waals surface area contributed by atoms with Gasteiger partial charge in [-0.2, -0.15) is 0 Å². The largest absolute Gasteiger partial charge is 0.385 e. The molecule has 1 amide bonds. The Morgan fingerprint density at radius 3 is 2.56 bits per heavy atom. The Morgan fingerprint density at radius 1 is 1.28 bits per heavy atom. The molecule has 0 aliphatic carbocycles. The van der Waals surface area contributed by atoms with Crippen LogP contribution in [0, 0.1) is 0 Å². The molecule has 0 spiro atoms. The molecular formula is C13H28N2O3. The van der Waals surface area contributed by atoms with E-state index in [1.165, 1.54) is 0 Å². The molecule has 2 N–H and O–H groups in total. The van der Waals surface area contributed by atoms with Crippen molar-refractivity contribution in [2.24, 2.45) is 0 Å². The van der Waals surface area contributed by atoms with Crippen LogP contribution in [-0.4, -0.2) is 52.0 Å². The summed E-state index contributed by atoms with van der Waals surface area (Å²) in [5.41, 5.74) is 0. The maximum atomic E-state index is 11.8. The Labute approximate surface area is 111 Å². The van der Waals surface area contributed by atoms with Gasteiger partial charge < -0.3 is 20.1 Å². The highest BCUT2D eigenvalue weighted by atomic mass is 16.5. The van der Waals surface area contributed by atoms with Crippen LogP contribution in [-0.2, 0) is 14.3 Å². The van der Waals surface area contributed by atoms with Gasteiger partial charge in [0.05, 0.1) is 12.6 Å². The summed E-state index contributed by atoms with van der Waals surface area (Å²) >= 11 is 0. The minimum atomic E-state index is -0.195. The number of methoxy groups -OCH3 is 2. The summed E-state index contributed by atoms with van der Waals surface area (Å²) < 4.78 is 10.1. The number of ether oxygens (including phenoxy) is 2. The summed E-state index contributed by atoms with van der Waals surface area (Å²) in [4.78, 5) is 11.8. The van der Waals surface area contributed by atoms with Crippen molar-refractivity contribution in [1.29, 1.82) is 0 Å². The molecule has 0 aliphatic rings. The minimum absolute atomic E-state index is 0.0308. The van der Waals surface area contributed by atoms with Gasteiger partial charge in [0, 0.05) is 33.4 Å². The first kappa shape index (κ1) is 17.4. The average Bonchev–Trinajstić information content (AvgIpc) is 2.35. The fourth-order valence-electron chi connectivity index (χ4n) is 1.77. The molecule has 0 saturated heterocycles. The molecule has 0 aliphatic heterocycles. The third-order valence-electron chi connectivity index (χ3n) is 2.71. The number of carbonyl (C=O) groups is 1. The summed E-state index contributed by atoms with van der Waals surface area (Å²) in [6, 6.07) is 0.0407. The van der Waals surface area contributed by atoms with Crippen molar-refractivity contribution in [3.63, 3.8) is 0 Å². The molecule has 108 valence electrons. The number of amides is 1. The topological polar surface area (TPSA) is 59.6 Å². The second-order valence-electron chi connectivity index (χ2n) is 4.47. The van der Waals surface area contributed by atoms with Gasteiger partial charge in [-0.1, -0.05) is 13.3 Å². The zero-order chi connectivity index (χ0) is 13.8. The van der Waals surface area contributed by atoms with Gasteiger partial charge in [0.1, 0.15) is 0 Å². The van der Waals surface area contributed by atoms with Crippen molar-refractivity contribution >= 4 is 5.91 Å². The van der Waals surface area contributed by atoms with Crippen LogP contribution in [0.2, 0.25) is 0 Å². The van der Waals surface area contributed by atoms with Gasteiger partial charge in [0.15, 0.2) is 0 Å². The molecule has 0 aromatic carbocycles. The van der Waals surface area contributed by atoms with E-state index in [9.17, 15) is 4.79 Å². The number of hydrogen-bond acceptors (Lipinski definition) is 4. The molecule has 2 atom stereocenters. The van der Waals surface area contributed by atoms with Crippen LogP contribution in [0.1, 0.15) is 33.1 Å². The second-order valence-corrected chi connectivity index (χ2v) is 4.47. The molecule has 0 saturated carbocycles. The number of carbonyl (C=O) groups excluding carboxylic acids is 1. The highest BCUT2D eigenvalue weighted by Crippen LogP contribution is 1.99. The lowest BCUT2D eigenvalue weighted by Crippen LogP contribution is -2.48. The highest BCUT2D eigenvalue weighted by molar-refractivity contribution is 5.81. The Morgan fingerprint density at radius 2 is 2.00 bits per heavy atom. The lowest BCUT2D eigenvalue weighted by atomic mass is 10.1. The fourth-order valence-corrected chi connectivity index (χ4v) is 1.77. The summed E-state index contributed by atoms with van der Waals surface area (Å²) in [7, 11) is 3.34. The molecule has 0 bridgehead atoms. The van der Waals surface area contributed by atoms with E-state index in [1.807, 2.05) is 6.92 Å². The molecule has 5 nitrogen and oxygen atoms in total. The van der Waals surface area contributed by atoms with Crippen molar-refractivity contribution in [3.8, 4) is 0 Å². The smallest absolute Gasteiger partial charge is 0.236 e. The van der Waals surface area contributed by atoms with Crippen molar-refractivity contribution in [3.05, 3.63) is 0 Å². The van der Waals surface area contributed by atoms with E-state index >= 15 is 0 Å². The molecule has 18 heavy (non-hydrogen) atoms. The molecule has 0 rings (SSSR count). The lowest BCUT2D eigenvalue weighted by Gasteiger charge is -2.22. The van der Waals surface area contributed by atoms with Gasteiger partial charge in [-0.15, -0.1) is 0 Å². The van der Waals surface area contributed by atoms with Gasteiger partial charge in [-0.25, -0.2) is 0 Å². The Bertz CT molecular complexity index is 206. The van der Waals surface area contributed by atoms with Gasteiger partial charge in [0.25, 0.3) is 0 Å². The standard InChI is InChI=1S/C13H28N2O3/c1-5-7-12(10-18-4)15-11(2)13(16)14-8-6-9-17-3/h11-12,15H,5-10H2,1-4H3,(H,14,16). The second kappa shape index (κ2) is 11.4. The minimum Gasteiger partial charge on any atom is -0.385 e. The van der Waals surface area contributed by atoms with Gasteiger partial charge >= 0.3 is 0 Å². The maximum absolute atomic E-state index is 11.8. The fraction of sp³-hybridized carbons (Fsp3) is 0.923. The van der Waals surface area contributed by atoms with E-state index in [0.29, 0.717) is 19.8 Å². The van der Waals surface area contributed by atoms with Crippen LogP contribution in [0.4, 0.5) is 0 Å². The summed E-state index contributed by atoms with van der Waals surface area (Å²) in [5, 5.41) is 6.18. The van der Waals surface area contributed by atoms with E-state index in [1.54, 1.807) is 14.2 Å². The molecule has 2 unspecified atom stereocenters. The van der Waals surface area contributed by atoms with E-state index in [4.69, 9.17) is 9.47 Å². The molecule has 0 radical (unpaired) electrons. The van der Waals surface area contributed by atoms with Crippen LogP contribution in [0.25, 0.3) is 0 Å². The normalized spacial score (nSPS) is 14.2. The van der Waals surface area contributed by atoms with Crippen LogP contribution in [0.15, 0.2) is 0 Å². The monoisotopic (exact) mass is 260 g/mol. The summed E-state index contributed by atoms with van der Waals surface area (Å²) in [6.07, 6.45) is 2.92. The van der Waals surface area contributed by atoms with Crippen LogP contribution < -0.4 is 10.6 Å². The molecule has 5 heteroatoms. The van der Waals surface area contributed by atoms with Crippen LogP contribution in [0.3, 0.4) is 0 Å².